The molecule has 0 aliphatic heterocycles. The van der Waals surface area contributed by atoms with Crippen LogP contribution in [0.15, 0.2) is 23.7 Å². The van der Waals surface area contributed by atoms with E-state index < -0.39 is 0 Å². The van der Waals surface area contributed by atoms with Crippen molar-refractivity contribution in [1.29, 1.82) is 0 Å². The van der Waals surface area contributed by atoms with E-state index in [-0.39, 0.29) is 0 Å². The molecule has 0 spiro atoms. The van der Waals surface area contributed by atoms with Crippen molar-refractivity contribution < 1.29 is 0 Å². The number of hydrogen-bond acceptors (Lipinski definition) is 4. The summed E-state index contributed by atoms with van der Waals surface area (Å²) >= 11 is 1.70. The third-order valence-corrected chi connectivity index (χ3v) is 3.73. The third-order valence-electron chi connectivity index (χ3n) is 2.79. The van der Waals surface area contributed by atoms with E-state index in [1.54, 1.807) is 11.3 Å². The zero-order valence-corrected chi connectivity index (χ0v) is 11.0. The predicted octanol–water partition coefficient (Wildman–Crippen LogP) is 2.63. The van der Waals surface area contributed by atoms with Gasteiger partial charge in [0.15, 0.2) is 0 Å². The van der Waals surface area contributed by atoms with Gasteiger partial charge in [0.25, 0.3) is 0 Å². The van der Waals surface area contributed by atoms with Gasteiger partial charge in [0, 0.05) is 23.7 Å². The van der Waals surface area contributed by atoms with Gasteiger partial charge in [-0.2, -0.15) is 0 Å². The number of nitrogens with one attached hydrogen (secondary N) is 1. The molecule has 0 atom stereocenters. The predicted molar refractivity (Wildman–Crippen MR) is 73.0 cm³/mol. The molecule has 0 amide bonds. The highest BCUT2D eigenvalue weighted by Gasteiger charge is 2.01. The van der Waals surface area contributed by atoms with Crippen molar-refractivity contribution in [2.75, 3.05) is 5.73 Å². The molecule has 3 nitrogen and oxygen atoms in total. The van der Waals surface area contributed by atoms with Gasteiger partial charge in [-0.15, -0.1) is 11.3 Å². The molecule has 0 saturated heterocycles. The minimum Gasteiger partial charge on any atom is -0.399 e. The molecule has 0 bridgehead atoms. The SMILES string of the molecule is Cc1cc(CNCc2scnc2C)ccc1N. The standard InChI is InChI=1S/C13H17N3S/c1-9-5-11(3-4-12(9)14)6-15-7-13-10(2)16-8-17-13/h3-5,8,15H,6-7,14H2,1-2H3. The van der Waals surface area contributed by atoms with E-state index in [9.17, 15) is 0 Å². The maximum atomic E-state index is 5.79. The van der Waals surface area contributed by atoms with Crippen LogP contribution in [0.3, 0.4) is 0 Å². The summed E-state index contributed by atoms with van der Waals surface area (Å²) in [5.41, 5.74) is 12.1. The number of nitrogen functional groups attached to an aromatic ring is 1. The molecule has 2 aromatic rings. The van der Waals surface area contributed by atoms with Crippen LogP contribution in [0.1, 0.15) is 21.7 Å². The van der Waals surface area contributed by atoms with Crippen molar-refractivity contribution in [3.05, 3.63) is 45.4 Å². The normalized spacial score (nSPS) is 10.7. The van der Waals surface area contributed by atoms with E-state index in [1.807, 2.05) is 25.4 Å². The highest BCUT2D eigenvalue weighted by atomic mass is 32.1. The highest BCUT2D eigenvalue weighted by molar-refractivity contribution is 7.09. The first-order valence-corrected chi connectivity index (χ1v) is 6.49. The van der Waals surface area contributed by atoms with Gasteiger partial charge < -0.3 is 11.1 Å². The Morgan fingerprint density at radius 2 is 2.12 bits per heavy atom. The Labute approximate surface area is 106 Å². The van der Waals surface area contributed by atoms with Crippen molar-refractivity contribution in [3.63, 3.8) is 0 Å². The van der Waals surface area contributed by atoms with Crippen molar-refractivity contribution in [3.8, 4) is 0 Å². The summed E-state index contributed by atoms with van der Waals surface area (Å²) in [6, 6.07) is 6.15. The lowest BCUT2D eigenvalue weighted by atomic mass is 10.1. The number of thiazole rings is 1. The number of aryl methyl sites for hydroxylation is 2. The van der Waals surface area contributed by atoms with Crippen LogP contribution in [0.4, 0.5) is 5.69 Å². The first-order chi connectivity index (χ1) is 8.16. The fourth-order valence-corrected chi connectivity index (χ4v) is 2.41. The van der Waals surface area contributed by atoms with Crippen LogP contribution in [0, 0.1) is 13.8 Å². The molecule has 0 radical (unpaired) electrons. The van der Waals surface area contributed by atoms with Crippen LogP contribution in [-0.4, -0.2) is 4.98 Å². The Morgan fingerprint density at radius 1 is 1.29 bits per heavy atom. The highest BCUT2D eigenvalue weighted by Crippen LogP contribution is 2.14. The minimum atomic E-state index is 0.854. The lowest BCUT2D eigenvalue weighted by Gasteiger charge is -2.06. The summed E-state index contributed by atoms with van der Waals surface area (Å²) in [7, 11) is 0. The molecule has 3 N–H and O–H groups in total. The van der Waals surface area contributed by atoms with Crippen molar-refractivity contribution in [2.24, 2.45) is 0 Å². The van der Waals surface area contributed by atoms with Crippen LogP contribution < -0.4 is 11.1 Å². The van der Waals surface area contributed by atoms with Gasteiger partial charge in [-0.3, -0.25) is 0 Å². The molecule has 0 unspecified atom stereocenters. The second-order valence-electron chi connectivity index (χ2n) is 4.16. The number of nitrogens with zero attached hydrogens (tertiary/aromatic N) is 1. The van der Waals surface area contributed by atoms with Gasteiger partial charge in [-0.05, 0) is 31.0 Å². The van der Waals surface area contributed by atoms with E-state index in [0.717, 1.165) is 30.0 Å². The average molecular weight is 247 g/mol. The topological polar surface area (TPSA) is 50.9 Å². The van der Waals surface area contributed by atoms with E-state index in [2.05, 4.69) is 22.4 Å². The van der Waals surface area contributed by atoms with Gasteiger partial charge in [0.05, 0.1) is 11.2 Å². The second-order valence-corrected chi connectivity index (χ2v) is 5.09. The van der Waals surface area contributed by atoms with Crippen molar-refractivity contribution in [1.82, 2.24) is 10.3 Å². The van der Waals surface area contributed by atoms with Crippen molar-refractivity contribution in [2.45, 2.75) is 26.9 Å². The molecular weight excluding hydrogens is 230 g/mol. The molecule has 0 saturated carbocycles. The Morgan fingerprint density at radius 3 is 2.76 bits per heavy atom. The first-order valence-electron chi connectivity index (χ1n) is 5.61. The summed E-state index contributed by atoms with van der Waals surface area (Å²) < 4.78 is 0. The molecule has 17 heavy (non-hydrogen) atoms. The maximum Gasteiger partial charge on any atom is 0.0798 e. The number of aromatic nitrogens is 1. The lowest BCUT2D eigenvalue weighted by Crippen LogP contribution is -2.12. The smallest absolute Gasteiger partial charge is 0.0798 e. The fourth-order valence-electron chi connectivity index (χ4n) is 1.66. The Bertz CT molecular complexity index is 505. The van der Waals surface area contributed by atoms with Crippen LogP contribution in [0.25, 0.3) is 0 Å². The largest absolute Gasteiger partial charge is 0.399 e. The fraction of sp³-hybridized carbons (Fsp3) is 0.308. The van der Waals surface area contributed by atoms with E-state index in [0.29, 0.717) is 0 Å². The Kier molecular flexibility index (Phi) is 3.76. The Hall–Kier alpha value is -1.39. The summed E-state index contributed by atoms with van der Waals surface area (Å²) in [4.78, 5) is 5.53. The summed E-state index contributed by atoms with van der Waals surface area (Å²) in [5, 5.41) is 3.42. The average Bonchev–Trinajstić information content (AvgIpc) is 2.70. The van der Waals surface area contributed by atoms with Gasteiger partial charge in [-0.1, -0.05) is 12.1 Å². The summed E-state index contributed by atoms with van der Waals surface area (Å²) in [6.45, 7) is 5.81. The third kappa shape index (κ3) is 3.05. The number of rotatable bonds is 4. The summed E-state index contributed by atoms with van der Waals surface area (Å²) in [5.74, 6) is 0. The molecule has 4 heteroatoms. The van der Waals surface area contributed by atoms with Gasteiger partial charge in [0.1, 0.15) is 0 Å². The molecule has 90 valence electrons. The molecule has 0 aliphatic rings. The zero-order chi connectivity index (χ0) is 12.3. The molecule has 1 aromatic carbocycles. The molecular formula is C13H17N3S. The van der Waals surface area contributed by atoms with Crippen LogP contribution in [0.5, 0.6) is 0 Å². The van der Waals surface area contributed by atoms with Crippen LogP contribution in [-0.2, 0) is 13.1 Å². The number of anilines is 1. The monoisotopic (exact) mass is 247 g/mol. The van der Waals surface area contributed by atoms with Gasteiger partial charge >= 0.3 is 0 Å². The zero-order valence-electron chi connectivity index (χ0n) is 10.2. The molecule has 0 fully saturated rings. The van der Waals surface area contributed by atoms with E-state index >= 15 is 0 Å². The molecule has 0 aliphatic carbocycles. The molecule has 1 aromatic heterocycles. The number of hydrogen-bond donors (Lipinski definition) is 2. The quantitative estimate of drug-likeness (QED) is 0.817. The second kappa shape index (κ2) is 5.29. The van der Waals surface area contributed by atoms with Crippen LogP contribution in [0.2, 0.25) is 0 Å². The minimum absolute atomic E-state index is 0.854. The maximum absolute atomic E-state index is 5.79. The van der Waals surface area contributed by atoms with E-state index in [4.69, 9.17) is 5.73 Å². The Balaban J connectivity index is 1.90. The van der Waals surface area contributed by atoms with Gasteiger partial charge in [-0.25, -0.2) is 4.98 Å². The molecule has 2 rings (SSSR count). The molecule has 1 heterocycles. The van der Waals surface area contributed by atoms with Crippen LogP contribution >= 0.6 is 11.3 Å². The number of benzene rings is 1. The first kappa shape index (κ1) is 12.1. The van der Waals surface area contributed by atoms with Crippen molar-refractivity contribution >= 4 is 17.0 Å². The summed E-state index contributed by atoms with van der Waals surface area (Å²) in [6.07, 6.45) is 0. The number of nitrogens with two attached hydrogens (primary N) is 1. The lowest BCUT2D eigenvalue weighted by molar-refractivity contribution is 0.697. The van der Waals surface area contributed by atoms with Gasteiger partial charge in [0.2, 0.25) is 0 Å². The van der Waals surface area contributed by atoms with E-state index in [1.165, 1.54) is 10.4 Å².